The number of nitrogens with one attached hydrogen (secondary N) is 2. The highest BCUT2D eigenvalue weighted by molar-refractivity contribution is 5.97. The second-order valence-electron chi connectivity index (χ2n) is 9.05. The molecule has 3 aromatic rings. The molecule has 8 heteroatoms. The van der Waals surface area contributed by atoms with E-state index in [0.29, 0.717) is 29.1 Å². The van der Waals surface area contributed by atoms with E-state index in [1.807, 2.05) is 48.8 Å². The van der Waals surface area contributed by atoms with E-state index in [2.05, 4.69) is 25.5 Å². The van der Waals surface area contributed by atoms with Gasteiger partial charge in [0.2, 0.25) is 5.95 Å². The number of ether oxygens (including phenoxy) is 2. The molecule has 0 spiro atoms. The molecule has 1 saturated carbocycles. The van der Waals surface area contributed by atoms with Gasteiger partial charge in [-0.2, -0.15) is 0 Å². The predicted molar refractivity (Wildman–Crippen MR) is 137 cm³/mol. The molecule has 2 aromatic carbocycles. The van der Waals surface area contributed by atoms with Crippen molar-refractivity contribution in [2.45, 2.75) is 38.1 Å². The van der Waals surface area contributed by atoms with Gasteiger partial charge < -0.3 is 25.0 Å². The van der Waals surface area contributed by atoms with Crippen molar-refractivity contribution in [3.8, 4) is 22.6 Å². The van der Waals surface area contributed by atoms with E-state index in [-0.39, 0.29) is 5.91 Å². The van der Waals surface area contributed by atoms with Crippen LogP contribution in [0.2, 0.25) is 0 Å². The third-order valence-corrected chi connectivity index (χ3v) is 6.44. The van der Waals surface area contributed by atoms with Gasteiger partial charge in [-0.1, -0.05) is 6.07 Å². The predicted octanol–water partition coefficient (Wildman–Crippen LogP) is 4.79. The third-order valence-electron chi connectivity index (χ3n) is 6.44. The van der Waals surface area contributed by atoms with Crippen molar-refractivity contribution in [3.05, 3.63) is 54.4 Å². The van der Waals surface area contributed by atoms with E-state index in [1.54, 1.807) is 14.2 Å². The van der Waals surface area contributed by atoms with Crippen LogP contribution < -0.4 is 25.0 Å². The average Bonchev–Trinajstić information content (AvgIpc) is 3.73. The Morgan fingerprint density at radius 2 is 1.63 bits per heavy atom. The molecular weight excluding hydrogens is 442 g/mol. The molecule has 0 bridgehead atoms. The van der Waals surface area contributed by atoms with Gasteiger partial charge >= 0.3 is 0 Å². The molecule has 1 aliphatic heterocycles. The molecule has 2 aliphatic rings. The second kappa shape index (κ2) is 10.2. The molecule has 2 fully saturated rings. The zero-order valence-corrected chi connectivity index (χ0v) is 20.2. The first kappa shape index (κ1) is 23.0. The molecule has 8 nitrogen and oxygen atoms in total. The lowest BCUT2D eigenvalue weighted by Gasteiger charge is -2.31. The number of piperidine rings is 1. The number of rotatable bonds is 8. The Hall–Kier alpha value is -3.81. The number of carbonyl (C=O) groups is 1. The summed E-state index contributed by atoms with van der Waals surface area (Å²) in [5.41, 5.74) is 4.48. The van der Waals surface area contributed by atoms with Gasteiger partial charge in [-0.05, 0) is 44.2 Å². The quantitative estimate of drug-likeness (QED) is 0.486. The van der Waals surface area contributed by atoms with Crippen LogP contribution in [0.5, 0.6) is 11.5 Å². The number of nitrogens with zero attached hydrogens (tertiary/aromatic N) is 3. The second-order valence-corrected chi connectivity index (χ2v) is 9.05. The Morgan fingerprint density at radius 3 is 2.26 bits per heavy atom. The highest BCUT2D eigenvalue weighted by atomic mass is 16.5. The zero-order chi connectivity index (χ0) is 24.2. The molecule has 0 unspecified atom stereocenters. The summed E-state index contributed by atoms with van der Waals surface area (Å²) in [5.74, 6) is 1.84. The fourth-order valence-corrected chi connectivity index (χ4v) is 4.35. The summed E-state index contributed by atoms with van der Waals surface area (Å²) < 4.78 is 10.7. The maximum Gasteiger partial charge on any atom is 0.251 e. The highest BCUT2D eigenvalue weighted by Crippen LogP contribution is 2.34. The van der Waals surface area contributed by atoms with Crippen LogP contribution in [0.3, 0.4) is 0 Å². The largest absolute Gasteiger partial charge is 0.497 e. The van der Waals surface area contributed by atoms with Gasteiger partial charge in [-0.3, -0.25) is 4.79 Å². The maximum atomic E-state index is 12.7. The van der Waals surface area contributed by atoms with Crippen molar-refractivity contribution < 1.29 is 14.3 Å². The lowest BCUT2D eigenvalue weighted by molar-refractivity contribution is 0.0951. The molecule has 1 amide bonds. The van der Waals surface area contributed by atoms with Crippen LogP contribution in [0, 0.1) is 0 Å². The Balaban J connectivity index is 1.41. The summed E-state index contributed by atoms with van der Waals surface area (Å²) in [4.78, 5) is 24.2. The van der Waals surface area contributed by atoms with E-state index in [9.17, 15) is 4.79 Å². The van der Waals surface area contributed by atoms with Crippen molar-refractivity contribution in [1.82, 2.24) is 15.3 Å². The van der Waals surface area contributed by atoms with Gasteiger partial charge in [-0.25, -0.2) is 9.97 Å². The fourth-order valence-electron chi connectivity index (χ4n) is 4.35. The lowest BCUT2D eigenvalue weighted by atomic mass is 10.0. The van der Waals surface area contributed by atoms with Crippen molar-refractivity contribution in [3.63, 3.8) is 0 Å². The van der Waals surface area contributed by atoms with E-state index in [1.165, 1.54) is 6.42 Å². The molecule has 35 heavy (non-hydrogen) atoms. The van der Waals surface area contributed by atoms with Crippen molar-refractivity contribution in [1.29, 1.82) is 0 Å². The Kier molecular flexibility index (Phi) is 6.70. The number of anilines is 3. The number of hydrogen-bond donors (Lipinski definition) is 2. The molecule has 182 valence electrons. The van der Waals surface area contributed by atoms with Crippen LogP contribution >= 0.6 is 0 Å². The summed E-state index contributed by atoms with van der Waals surface area (Å²) in [6.45, 7) is 1.97. The smallest absolute Gasteiger partial charge is 0.251 e. The van der Waals surface area contributed by atoms with Gasteiger partial charge in [0.05, 0.1) is 14.2 Å². The Labute approximate surface area is 205 Å². The molecule has 5 rings (SSSR count). The zero-order valence-electron chi connectivity index (χ0n) is 20.2. The summed E-state index contributed by atoms with van der Waals surface area (Å²) in [6.07, 6.45) is 9.33. The average molecular weight is 474 g/mol. The van der Waals surface area contributed by atoms with Crippen molar-refractivity contribution in [2.75, 3.05) is 37.5 Å². The monoisotopic (exact) mass is 473 g/mol. The standard InChI is InChI=1S/C27H31N5O3/c1-34-22-13-21(14-23(15-22)35-2)31-27-28-16-19(17-29-27)24-9-6-18(26(33)30-20-7-8-20)12-25(24)32-10-4-3-5-11-32/h6,9,12-17,20H,3-5,7-8,10-11H2,1-2H3,(H,30,33)(H,28,29,31). The number of carbonyl (C=O) groups excluding carboxylic acids is 1. The van der Waals surface area contributed by atoms with E-state index in [4.69, 9.17) is 9.47 Å². The van der Waals surface area contributed by atoms with E-state index in [0.717, 1.165) is 61.3 Å². The van der Waals surface area contributed by atoms with Crippen molar-refractivity contribution in [2.24, 2.45) is 0 Å². The first-order valence-corrected chi connectivity index (χ1v) is 12.2. The van der Waals surface area contributed by atoms with Gasteiger partial charge in [0.1, 0.15) is 11.5 Å². The minimum atomic E-state index is 0.00169. The van der Waals surface area contributed by atoms with E-state index < -0.39 is 0 Å². The molecule has 1 saturated heterocycles. The number of aromatic nitrogens is 2. The number of amides is 1. The molecule has 1 aliphatic carbocycles. The van der Waals surface area contributed by atoms with Gasteiger partial charge in [-0.15, -0.1) is 0 Å². The van der Waals surface area contributed by atoms with Gasteiger partial charge in [0.15, 0.2) is 0 Å². The highest BCUT2D eigenvalue weighted by Gasteiger charge is 2.25. The molecule has 0 radical (unpaired) electrons. The van der Waals surface area contributed by atoms with Crippen LogP contribution in [0.15, 0.2) is 48.8 Å². The molecule has 2 N–H and O–H groups in total. The summed E-state index contributed by atoms with van der Waals surface area (Å²) in [5, 5.41) is 6.31. The molecule has 2 heterocycles. The van der Waals surface area contributed by atoms with Gasteiger partial charge in [0, 0.05) is 77.8 Å². The SMILES string of the molecule is COc1cc(Nc2ncc(-c3ccc(C(=O)NC4CC4)cc3N3CCCCC3)cn2)cc(OC)c1. The molecular formula is C27H31N5O3. The summed E-state index contributed by atoms with van der Waals surface area (Å²) >= 11 is 0. The van der Waals surface area contributed by atoms with Crippen LogP contribution in [0.1, 0.15) is 42.5 Å². The summed E-state index contributed by atoms with van der Waals surface area (Å²) in [7, 11) is 3.23. The lowest BCUT2D eigenvalue weighted by Crippen LogP contribution is -2.30. The van der Waals surface area contributed by atoms with Crippen LogP contribution in [0.25, 0.3) is 11.1 Å². The minimum absolute atomic E-state index is 0.00169. The topological polar surface area (TPSA) is 88.6 Å². The Morgan fingerprint density at radius 1 is 0.943 bits per heavy atom. The Bertz CT molecular complexity index is 1170. The van der Waals surface area contributed by atoms with Crippen molar-refractivity contribution >= 4 is 23.2 Å². The van der Waals surface area contributed by atoms with E-state index >= 15 is 0 Å². The number of methoxy groups -OCH3 is 2. The first-order chi connectivity index (χ1) is 17.1. The van der Waals surface area contributed by atoms with Crippen LogP contribution in [-0.2, 0) is 0 Å². The maximum absolute atomic E-state index is 12.7. The minimum Gasteiger partial charge on any atom is -0.497 e. The molecule has 1 aromatic heterocycles. The van der Waals surface area contributed by atoms with Crippen LogP contribution in [-0.4, -0.2) is 49.2 Å². The number of benzene rings is 2. The normalized spacial score (nSPS) is 15.4. The first-order valence-electron chi connectivity index (χ1n) is 12.2. The third kappa shape index (κ3) is 5.48. The number of hydrogen-bond acceptors (Lipinski definition) is 7. The van der Waals surface area contributed by atoms with Gasteiger partial charge in [0.25, 0.3) is 5.91 Å². The molecule has 0 atom stereocenters. The summed E-state index contributed by atoms with van der Waals surface area (Å²) in [6, 6.07) is 11.8. The fraction of sp³-hybridized carbons (Fsp3) is 0.370. The van der Waals surface area contributed by atoms with Crippen LogP contribution in [0.4, 0.5) is 17.3 Å².